The molecular formula is C22H23NO2. The third kappa shape index (κ3) is 3.00. The lowest BCUT2D eigenvalue weighted by atomic mass is 9.98. The maximum atomic E-state index is 12.6. The van der Waals surface area contributed by atoms with Gasteiger partial charge < -0.3 is 4.74 Å². The number of rotatable bonds is 4. The van der Waals surface area contributed by atoms with Gasteiger partial charge in [-0.3, -0.25) is 4.90 Å². The molecule has 0 saturated heterocycles. The molecule has 3 nitrogen and oxygen atoms in total. The highest BCUT2D eigenvalue weighted by Gasteiger charge is 2.32. The van der Waals surface area contributed by atoms with Crippen LogP contribution in [-0.4, -0.2) is 29.7 Å². The van der Waals surface area contributed by atoms with Crippen molar-refractivity contribution in [2.75, 3.05) is 13.2 Å². The van der Waals surface area contributed by atoms with Crippen LogP contribution in [0.3, 0.4) is 0 Å². The SMILES string of the molecule is C#CC(C)(C)N(CC)C(=O)OCC1c2ccccc2-c2ccccc21. The quantitative estimate of drug-likeness (QED) is 0.761. The summed E-state index contributed by atoms with van der Waals surface area (Å²) < 4.78 is 5.67. The Balaban J connectivity index is 1.82. The number of carbonyl (C=O) groups excluding carboxylic acids is 1. The van der Waals surface area contributed by atoms with Gasteiger partial charge in [-0.05, 0) is 43.0 Å². The Kier molecular flexibility index (Phi) is 4.55. The Morgan fingerprint density at radius 1 is 1.12 bits per heavy atom. The van der Waals surface area contributed by atoms with Gasteiger partial charge in [-0.15, -0.1) is 6.42 Å². The summed E-state index contributed by atoms with van der Waals surface area (Å²) in [6.45, 7) is 6.41. The number of terminal acetylenes is 1. The lowest BCUT2D eigenvalue weighted by Crippen LogP contribution is -2.47. The van der Waals surface area contributed by atoms with Gasteiger partial charge in [0.2, 0.25) is 0 Å². The molecule has 0 heterocycles. The van der Waals surface area contributed by atoms with E-state index < -0.39 is 5.54 Å². The van der Waals surface area contributed by atoms with Crippen LogP contribution >= 0.6 is 0 Å². The van der Waals surface area contributed by atoms with Gasteiger partial charge in [0.1, 0.15) is 12.1 Å². The molecule has 25 heavy (non-hydrogen) atoms. The van der Waals surface area contributed by atoms with E-state index in [1.54, 1.807) is 4.90 Å². The number of nitrogens with zero attached hydrogens (tertiary/aromatic N) is 1. The number of fused-ring (bicyclic) bond motifs is 3. The number of amides is 1. The van der Waals surface area contributed by atoms with Gasteiger partial charge in [-0.2, -0.15) is 0 Å². The van der Waals surface area contributed by atoms with Crippen LogP contribution in [0.25, 0.3) is 11.1 Å². The normalized spacial score (nSPS) is 12.9. The van der Waals surface area contributed by atoms with E-state index in [-0.39, 0.29) is 12.0 Å². The summed E-state index contributed by atoms with van der Waals surface area (Å²) in [7, 11) is 0. The van der Waals surface area contributed by atoms with Gasteiger partial charge in [0, 0.05) is 12.5 Å². The van der Waals surface area contributed by atoms with E-state index in [1.807, 2.05) is 45.0 Å². The zero-order chi connectivity index (χ0) is 18.0. The molecule has 0 aromatic heterocycles. The summed E-state index contributed by atoms with van der Waals surface area (Å²) in [5, 5.41) is 0. The van der Waals surface area contributed by atoms with Crippen LogP contribution in [0.2, 0.25) is 0 Å². The van der Waals surface area contributed by atoms with Gasteiger partial charge in [0.05, 0.1) is 0 Å². The molecule has 3 rings (SSSR count). The first-order valence-electron chi connectivity index (χ1n) is 8.60. The van der Waals surface area contributed by atoms with Crippen molar-refractivity contribution in [2.45, 2.75) is 32.2 Å². The highest BCUT2D eigenvalue weighted by atomic mass is 16.6. The number of carbonyl (C=O) groups is 1. The lowest BCUT2D eigenvalue weighted by Gasteiger charge is -2.33. The van der Waals surface area contributed by atoms with E-state index in [9.17, 15) is 4.79 Å². The van der Waals surface area contributed by atoms with Crippen molar-refractivity contribution in [3.63, 3.8) is 0 Å². The van der Waals surface area contributed by atoms with Gasteiger partial charge in [-0.25, -0.2) is 4.79 Å². The molecule has 2 aromatic rings. The molecule has 0 bridgehead atoms. The van der Waals surface area contributed by atoms with Crippen molar-refractivity contribution in [3.8, 4) is 23.5 Å². The molecule has 0 radical (unpaired) electrons. The first-order valence-corrected chi connectivity index (χ1v) is 8.60. The topological polar surface area (TPSA) is 29.5 Å². The predicted molar refractivity (Wildman–Crippen MR) is 100 cm³/mol. The first-order chi connectivity index (χ1) is 12.0. The summed E-state index contributed by atoms with van der Waals surface area (Å²) in [6, 6.07) is 16.6. The third-order valence-corrected chi connectivity index (χ3v) is 4.90. The molecule has 0 spiro atoms. The van der Waals surface area contributed by atoms with Gasteiger partial charge >= 0.3 is 6.09 Å². The van der Waals surface area contributed by atoms with Crippen LogP contribution in [-0.2, 0) is 4.74 Å². The summed E-state index contributed by atoms with van der Waals surface area (Å²) >= 11 is 0. The maximum absolute atomic E-state index is 12.6. The van der Waals surface area contributed by atoms with Gasteiger partial charge in [0.15, 0.2) is 0 Å². The smallest absolute Gasteiger partial charge is 0.410 e. The number of hydrogen-bond donors (Lipinski definition) is 0. The summed E-state index contributed by atoms with van der Waals surface area (Å²) in [4.78, 5) is 14.2. The molecule has 1 aliphatic carbocycles. The van der Waals surface area contributed by atoms with Crippen molar-refractivity contribution >= 4 is 6.09 Å². The van der Waals surface area contributed by atoms with E-state index in [0.717, 1.165) is 0 Å². The Hall–Kier alpha value is -2.73. The molecule has 0 unspecified atom stereocenters. The fourth-order valence-electron chi connectivity index (χ4n) is 3.50. The highest BCUT2D eigenvalue weighted by Crippen LogP contribution is 2.44. The second kappa shape index (κ2) is 6.64. The molecular weight excluding hydrogens is 310 g/mol. The second-order valence-electron chi connectivity index (χ2n) is 6.75. The molecule has 2 aromatic carbocycles. The average Bonchev–Trinajstić information content (AvgIpc) is 2.94. The van der Waals surface area contributed by atoms with Gasteiger partial charge in [0.25, 0.3) is 0 Å². The zero-order valence-electron chi connectivity index (χ0n) is 15.0. The van der Waals surface area contributed by atoms with E-state index in [2.05, 4.69) is 30.2 Å². The van der Waals surface area contributed by atoms with E-state index in [0.29, 0.717) is 13.2 Å². The summed E-state index contributed by atoms with van der Waals surface area (Å²) in [5.74, 6) is 2.72. The van der Waals surface area contributed by atoms with Crippen LogP contribution in [0, 0.1) is 12.3 Å². The predicted octanol–water partition coefficient (Wildman–Crippen LogP) is 4.67. The van der Waals surface area contributed by atoms with Crippen molar-refractivity contribution in [3.05, 3.63) is 59.7 Å². The average molecular weight is 333 g/mol. The van der Waals surface area contributed by atoms with Crippen LogP contribution < -0.4 is 0 Å². The minimum atomic E-state index is -0.669. The molecule has 128 valence electrons. The molecule has 0 fully saturated rings. The van der Waals surface area contributed by atoms with Crippen LogP contribution in [0.1, 0.15) is 37.8 Å². The zero-order valence-corrected chi connectivity index (χ0v) is 15.0. The van der Waals surface area contributed by atoms with Gasteiger partial charge in [-0.1, -0.05) is 54.5 Å². The monoisotopic (exact) mass is 333 g/mol. The second-order valence-corrected chi connectivity index (χ2v) is 6.75. The molecule has 1 amide bonds. The fraction of sp³-hybridized carbons (Fsp3) is 0.318. The van der Waals surface area contributed by atoms with E-state index in [4.69, 9.17) is 11.2 Å². The minimum Gasteiger partial charge on any atom is -0.448 e. The Bertz CT molecular complexity index is 786. The van der Waals surface area contributed by atoms with Crippen molar-refractivity contribution in [2.24, 2.45) is 0 Å². The Morgan fingerprint density at radius 2 is 1.64 bits per heavy atom. The minimum absolute atomic E-state index is 0.0593. The van der Waals surface area contributed by atoms with E-state index in [1.165, 1.54) is 22.3 Å². The van der Waals surface area contributed by atoms with Crippen LogP contribution in [0.4, 0.5) is 4.79 Å². The molecule has 0 atom stereocenters. The lowest BCUT2D eigenvalue weighted by molar-refractivity contribution is 0.0787. The van der Waals surface area contributed by atoms with Crippen molar-refractivity contribution in [1.29, 1.82) is 0 Å². The fourth-order valence-corrected chi connectivity index (χ4v) is 3.50. The summed E-state index contributed by atoms with van der Waals surface area (Å²) in [5.41, 5.74) is 4.18. The molecule has 3 heteroatoms. The Labute approximate surface area is 149 Å². The number of hydrogen-bond acceptors (Lipinski definition) is 2. The first kappa shape index (κ1) is 17.1. The van der Waals surface area contributed by atoms with Crippen molar-refractivity contribution < 1.29 is 9.53 Å². The van der Waals surface area contributed by atoms with Crippen LogP contribution in [0.15, 0.2) is 48.5 Å². The third-order valence-electron chi connectivity index (χ3n) is 4.90. The molecule has 1 aliphatic rings. The largest absolute Gasteiger partial charge is 0.448 e. The standard InChI is InChI=1S/C22H23NO2/c1-5-22(3,4)23(6-2)21(24)25-15-20-18-13-9-7-11-16(18)17-12-8-10-14-19(17)20/h1,7-14,20H,6,15H2,2-4H3. The number of ether oxygens (including phenoxy) is 1. The molecule has 0 N–H and O–H groups in total. The Morgan fingerprint density at radius 3 is 2.12 bits per heavy atom. The maximum Gasteiger partial charge on any atom is 0.410 e. The molecule has 0 aliphatic heterocycles. The molecule has 0 saturated carbocycles. The summed E-state index contributed by atoms with van der Waals surface area (Å²) in [6.07, 6.45) is 5.20. The van der Waals surface area contributed by atoms with Crippen molar-refractivity contribution in [1.82, 2.24) is 4.90 Å². The van der Waals surface area contributed by atoms with E-state index >= 15 is 0 Å². The highest BCUT2D eigenvalue weighted by molar-refractivity contribution is 5.79. The van der Waals surface area contributed by atoms with Crippen LogP contribution in [0.5, 0.6) is 0 Å². The number of benzene rings is 2.